The molecule has 0 amide bonds. The number of carboxylic acid groups (broad SMARTS) is 1. The van der Waals surface area contributed by atoms with E-state index in [0.717, 1.165) is 6.54 Å². The molecule has 1 aromatic heterocycles. The molecule has 3 unspecified atom stereocenters. The third kappa shape index (κ3) is 2.30. The number of nitrogens with zero attached hydrogens (tertiary/aromatic N) is 3. The predicted molar refractivity (Wildman–Crippen MR) is 68.7 cm³/mol. The number of hydrogen-bond donors (Lipinski definition) is 1. The van der Waals surface area contributed by atoms with Crippen LogP contribution in [-0.2, 0) is 0 Å². The van der Waals surface area contributed by atoms with Crippen LogP contribution in [0.5, 0.6) is 0 Å². The van der Waals surface area contributed by atoms with Gasteiger partial charge in [0.2, 0.25) is 0 Å². The van der Waals surface area contributed by atoms with Gasteiger partial charge >= 0.3 is 5.97 Å². The van der Waals surface area contributed by atoms with Gasteiger partial charge < -0.3 is 10.0 Å². The van der Waals surface area contributed by atoms with Gasteiger partial charge in [-0.2, -0.15) is 0 Å². The van der Waals surface area contributed by atoms with E-state index in [1.165, 1.54) is 12.6 Å². The van der Waals surface area contributed by atoms with Crippen molar-refractivity contribution in [1.82, 2.24) is 9.97 Å². The van der Waals surface area contributed by atoms with E-state index in [9.17, 15) is 9.90 Å². The zero-order chi connectivity index (χ0) is 13.3. The van der Waals surface area contributed by atoms with Crippen molar-refractivity contribution in [2.45, 2.75) is 33.2 Å². The summed E-state index contributed by atoms with van der Waals surface area (Å²) in [4.78, 5) is 21.4. The number of anilines is 1. The minimum Gasteiger partial charge on any atom is -0.476 e. The van der Waals surface area contributed by atoms with Gasteiger partial charge in [0.25, 0.3) is 0 Å². The van der Waals surface area contributed by atoms with E-state index in [-0.39, 0.29) is 11.7 Å². The summed E-state index contributed by atoms with van der Waals surface area (Å²) in [5.41, 5.74) is 0.0469. The van der Waals surface area contributed by atoms with Crippen LogP contribution in [0.4, 0.5) is 5.82 Å². The van der Waals surface area contributed by atoms with Gasteiger partial charge in [-0.05, 0) is 25.2 Å². The molecule has 0 saturated carbocycles. The fourth-order valence-electron chi connectivity index (χ4n) is 2.69. The van der Waals surface area contributed by atoms with Crippen LogP contribution >= 0.6 is 0 Å². The van der Waals surface area contributed by atoms with Crippen LogP contribution in [0.3, 0.4) is 0 Å². The van der Waals surface area contributed by atoms with Gasteiger partial charge in [0.1, 0.15) is 0 Å². The number of hydrogen-bond acceptors (Lipinski definition) is 4. The standard InChI is InChI=1S/C13H19N3O2/c1-8-6-9(2)10(3)16(7-8)12-11(13(17)18)14-4-5-15-12/h4-5,8-10H,6-7H2,1-3H3,(H,17,18). The quantitative estimate of drug-likeness (QED) is 0.868. The van der Waals surface area contributed by atoms with Gasteiger partial charge in [0.05, 0.1) is 0 Å². The monoisotopic (exact) mass is 249 g/mol. The molecule has 0 aromatic carbocycles. The summed E-state index contributed by atoms with van der Waals surface area (Å²) >= 11 is 0. The molecule has 2 rings (SSSR count). The van der Waals surface area contributed by atoms with E-state index < -0.39 is 5.97 Å². The van der Waals surface area contributed by atoms with Crippen LogP contribution in [0.15, 0.2) is 12.4 Å². The number of carboxylic acids is 1. The first-order chi connectivity index (χ1) is 8.50. The van der Waals surface area contributed by atoms with Gasteiger partial charge in [-0.25, -0.2) is 14.8 Å². The maximum atomic E-state index is 11.2. The SMILES string of the molecule is CC1CC(C)C(C)N(c2nccnc2C(=O)O)C1. The lowest BCUT2D eigenvalue weighted by Gasteiger charge is -2.42. The second kappa shape index (κ2) is 4.92. The Bertz CT molecular complexity index is 450. The molecule has 18 heavy (non-hydrogen) atoms. The Labute approximate surface area is 107 Å². The van der Waals surface area contributed by atoms with Gasteiger partial charge in [-0.1, -0.05) is 13.8 Å². The average Bonchev–Trinajstić information content (AvgIpc) is 2.33. The lowest BCUT2D eigenvalue weighted by molar-refractivity contribution is 0.0690. The van der Waals surface area contributed by atoms with Crippen LogP contribution in [0.1, 0.15) is 37.7 Å². The number of aromatic carboxylic acids is 1. The smallest absolute Gasteiger partial charge is 0.358 e. The van der Waals surface area contributed by atoms with Crippen molar-refractivity contribution < 1.29 is 9.90 Å². The Kier molecular flexibility index (Phi) is 3.50. The Morgan fingerprint density at radius 2 is 2.00 bits per heavy atom. The van der Waals surface area contributed by atoms with Crippen LogP contribution in [0.25, 0.3) is 0 Å². The molecule has 3 atom stereocenters. The summed E-state index contributed by atoms with van der Waals surface area (Å²) in [5.74, 6) is 0.546. The van der Waals surface area contributed by atoms with E-state index >= 15 is 0 Å². The zero-order valence-electron chi connectivity index (χ0n) is 11.0. The molecular weight excluding hydrogens is 230 g/mol. The highest BCUT2D eigenvalue weighted by Gasteiger charge is 2.32. The van der Waals surface area contributed by atoms with Crippen LogP contribution in [0, 0.1) is 11.8 Å². The fourth-order valence-corrected chi connectivity index (χ4v) is 2.69. The molecule has 0 radical (unpaired) electrons. The second-order valence-electron chi connectivity index (χ2n) is 5.24. The second-order valence-corrected chi connectivity index (χ2v) is 5.24. The first-order valence-corrected chi connectivity index (χ1v) is 6.31. The molecule has 5 heteroatoms. The van der Waals surface area contributed by atoms with Gasteiger partial charge in [0, 0.05) is 25.0 Å². The molecule has 1 saturated heterocycles. The Balaban J connectivity index is 2.38. The van der Waals surface area contributed by atoms with Crippen molar-refractivity contribution in [2.75, 3.05) is 11.4 Å². The topological polar surface area (TPSA) is 66.3 Å². The highest BCUT2D eigenvalue weighted by Crippen LogP contribution is 2.31. The number of aromatic nitrogens is 2. The van der Waals surface area contributed by atoms with Crippen molar-refractivity contribution in [2.24, 2.45) is 11.8 Å². The van der Waals surface area contributed by atoms with Crippen LogP contribution in [0.2, 0.25) is 0 Å². The van der Waals surface area contributed by atoms with E-state index in [4.69, 9.17) is 0 Å². The minimum absolute atomic E-state index is 0.0469. The third-order valence-electron chi connectivity index (χ3n) is 3.75. The fraction of sp³-hybridized carbons (Fsp3) is 0.615. The summed E-state index contributed by atoms with van der Waals surface area (Å²) < 4.78 is 0. The lowest BCUT2D eigenvalue weighted by atomic mass is 9.86. The molecular formula is C13H19N3O2. The molecule has 0 spiro atoms. The van der Waals surface area contributed by atoms with Gasteiger partial charge in [-0.3, -0.25) is 0 Å². The highest BCUT2D eigenvalue weighted by atomic mass is 16.4. The minimum atomic E-state index is -1.02. The van der Waals surface area contributed by atoms with Crippen LogP contribution < -0.4 is 4.90 Å². The van der Waals surface area contributed by atoms with Gasteiger partial charge in [0.15, 0.2) is 11.5 Å². The molecule has 1 aliphatic heterocycles. The number of rotatable bonds is 2. The van der Waals surface area contributed by atoms with Gasteiger partial charge in [-0.15, -0.1) is 0 Å². The molecule has 2 heterocycles. The third-order valence-corrected chi connectivity index (χ3v) is 3.75. The average molecular weight is 249 g/mol. The van der Waals surface area contributed by atoms with E-state index in [0.29, 0.717) is 17.7 Å². The molecule has 1 N–H and O–H groups in total. The van der Waals surface area contributed by atoms with E-state index in [2.05, 4.69) is 35.6 Å². The van der Waals surface area contributed by atoms with Crippen molar-refractivity contribution in [3.8, 4) is 0 Å². The first kappa shape index (κ1) is 12.8. The van der Waals surface area contributed by atoms with E-state index in [1.54, 1.807) is 6.20 Å². The summed E-state index contributed by atoms with van der Waals surface area (Å²) in [6.45, 7) is 7.34. The molecule has 98 valence electrons. The first-order valence-electron chi connectivity index (χ1n) is 6.31. The maximum absolute atomic E-state index is 11.2. The Morgan fingerprint density at radius 1 is 1.33 bits per heavy atom. The largest absolute Gasteiger partial charge is 0.476 e. The Morgan fingerprint density at radius 3 is 2.67 bits per heavy atom. The molecule has 0 bridgehead atoms. The van der Waals surface area contributed by atoms with Crippen LogP contribution in [-0.4, -0.2) is 33.6 Å². The maximum Gasteiger partial charge on any atom is 0.358 e. The predicted octanol–water partition coefficient (Wildman–Crippen LogP) is 2.05. The molecule has 5 nitrogen and oxygen atoms in total. The van der Waals surface area contributed by atoms with Crippen molar-refractivity contribution in [3.05, 3.63) is 18.1 Å². The van der Waals surface area contributed by atoms with Crippen molar-refractivity contribution >= 4 is 11.8 Å². The van der Waals surface area contributed by atoms with E-state index in [1.807, 2.05) is 0 Å². The number of carbonyl (C=O) groups is 1. The normalized spacial score (nSPS) is 28.2. The van der Waals surface area contributed by atoms with Crippen molar-refractivity contribution in [1.29, 1.82) is 0 Å². The number of piperidine rings is 1. The summed E-state index contributed by atoms with van der Waals surface area (Å²) in [7, 11) is 0. The summed E-state index contributed by atoms with van der Waals surface area (Å²) in [6, 6.07) is 0.288. The summed E-state index contributed by atoms with van der Waals surface area (Å²) in [6.07, 6.45) is 4.15. The zero-order valence-corrected chi connectivity index (χ0v) is 11.0. The van der Waals surface area contributed by atoms with Crippen molar-refractivity contribution in [3.63, 3.8) is 0 Å². The Hall–Kier alpha value is -1.65. The molecule has 1 aromatic rings. The highest BCUT2D eigenvalue weighted by molar-refractivity contribution is 5.91. The summed E-state index contributed by atoms with van der Waals surface area (Å²) in [5, 5.41) is 9.19. The lowest BCUT2D eigenvalue weighted by Crippen LogP contribution is -2.47. The molecule has 1 aliphatic rings. The molecule has 0 aliphatic carbocycles. The molecule has 1 fully saturated rings.